The van der Waals surface area contributed by atoms with E-state index in [0.717, 1.165) is 30.3 Å². The second-order valence-electron chi connectivity index (χ2n) is 5.19. The van der Waals surface area contributed by atoms with Crippen molar-refractivity contribution in [2.45, 2.75) is 26.3 Å². The zero-order valence-corrected chi connectivity index (χ0v) is 10.9. The van der Waals surface area contributed by atoms with Crippen molar-refractivity contribution in [3.8, 4) is 0 Å². The molecule has 0 atom stereocenters. The van der Waals surface area contributed by atoms with Gasteiger partial charge in [0.15, 0.2) is 0 Å². The van der Waals surface area contributed by atoms with E-state index in [4.69, 9.17) is 11.6 Å². The Balaban J connectivity index is 2.26. The van der Waals surface area contributed by atoms with Crippen LogP contribution in [0.2, 0.25) is 5.02 Å². The summed E-state index contributed by atoms with van der Waals surface area (Å²) in [5, 5.41) is 4.36. The lowest BCUT2D eigenvalue weighted by atomic mass is 10.0. The molecule has 0 amide bonds. The van der Waals surface area contributed by atoms with E-state index in [1.54, 1.807) is 0 Å². The minimum Gasteiger partial charge on any atom is -0.367 e. The fourth-order valence-corrected chi connectivity index (χ4v) is 2.45. The fraction of sp³-hybridized carbons (Fsp3) is 0.538. The third kappa shape index (κ3) is 2.50. The minimum absolute atomic E-state index is 0.158. The van der Waals surface area contributed by atoms with Crippen molar-refractivity contribution in [1.82, 2.24) is 5.32 Å². The Kier molecular flexibility index (Phi) is 3.13. The molecule has 0 aliphatic carbocycles. The SMILES string of the molecule is Cc1ccc(Cl)c(N2CCNC(C)(C)C2)c1. The molecule has 1 N–H and O–H groups in total. The Hall–Kier alpha value is -0.730. The predicted molar refractivity (Wildman–Crippen MR) is 70.5 cm³/mol. The number of nitrogens with one attached hydrogen (secondary N) is 1. The van der Waals surface area contributed by atoms with Crippen LogP contribution in [0.15, 0.2) is 18.2 Å². The fourth-order valence-electron chi connectivity index (χ4n) is 2.21. The van der Waals surface area contributed by atoms with Crippen LogP contribution in [0.25, 0.3) is 0 Å². The van der Waals surface area contributed by atoms with E-state index < -0.39 is 0 Å². The van der Waals surface area contributed by atoms with Crippen LogP contribution in [-0.2, 0) is 0 Å². The quantitative estimate of drug-likeness (QED) is 0.810. The van der Waals surface area contributed by atoms with Gasteiger partial charge in [0, 0.05) is 25.2 Å². The first kappa shape index (κ1) is 11.7. The zero-order valence-electron chi connectivity index (χ0n) is 10.2. The number of hydrogen-bond donors (Lipinski definition) is 1. The largest absolute Gasteiger partial charge is 0.367 e. The van der Waals surface area contributed by atoms with Crippen LogP contribution in [0, 0.1) is 6.92 Å². The average Bonchev–Trinajstić information content (AvgIpc) is 2.20. The van der Waals surface area contributed by atoms with E-state index >= 15 is 0 Å². The van der Waals surface area contributed by atoms with Crippen molar-refractivity contribution < 1.29 is 0 Å². The third-order valence-electron chi connectivity index (χ3n) is 3.01. The van der Waals surface area contributed by atoms with Gasteiger partial charge in [-0.2, -0.15) is 0 Å². The third-order valence-corrected chi connectivity index (χ3v) is 3.33. The second kappa shape index (κ2) is 4.27. The number of piperazine rings is 1. The molecule has 1 aromatic rings. The molecule has 1 aromatic carbocycles. The lowest BCUT2D eigenvalue weighted by molar-refractivity contribution is 0.353. The summed E-state index contributed by atoms with van der Waals surface area (Å²) in [4.78, 5) is 2.37. The van der Waals surface area contributed by atoms with Crippen LogP contribution in [0.5, 0.6) is 0 Å². The van der Waals surface area contributed by atoms with Gasteiger partial charge >= 0.3 is 0 Å². The molecule has 1 saturated heterocycles. The van der Waals surface area contributed by atoms with Crippen LogP contribution in [0.1, 0.15) is 19.4 Å². The maximum absolute atomic E-state index is 6.26. The summed E-state index contributed by atoms with van der Waals surface area (Å²) < 4.78 is 0. The molecule has 0 saturated carbocycles. The molecule has 2 nitrogen and oxygen atoms in total. The van der Waals surface area contributed by atoms with E-state index in [1.807, 2.05) is 6.07 Å². The molecule has 0 radical (unpaired) electrons. The molecule has 2 rings (SSSR count). The van der Waals surface area contributed by atoms with Gasteiger partial charge in [-0.05, 0) is 38.5 Å². The van der Waals surface area contributed by atoms with Gasteiger partial charge in [0.2, 0.25) is 0 Å². The number of halogens is 1. The van der Waals surface area contributed by atoms with E-state index in [9.17, 15) is 0 Å². The highest BCUT2D eigenvalue weighted by Crippen LogP contribution is 2.28. The van der Waals surface area contributed by atoms with Crippen LogP contribution in [0.3, 0.4) is 0 Å². The van der Waals surface area contributed by atoms with Crippen LogP contribution < -0.4 is 10.2 Å². The molecule has 1 aliphatic heterocycles. The molecular weight excluding hydrogens is 220 g/mol. The van der Waals surface area contributed by atoms with Crippen molar-refractivity contribution in [3.63, 3.8) is 0 Å². The lowest BCUT2D eigenvalue weighted by Crippen LogP contribution is -2.57. The highest BCUT2D eigenvalue weighted by molar-refractivity contribution is 6.33. The standard InChI is InChI=1S/C13H19ClN2/c1-10-4-5-11(14)12(8-10)16-7-6-15-13(2,3)9-16/h4-5,8,15H,6-7,9H2,1-3H3. The smallest absolute Gasteiger partial charge is 0.0639 e. The molecule has 1 heterocycles. The van der Waals surface area contributed by atoms with Crippen molar-refractivity contribution in [1.29, 1.82) is 0 Å². The van der Waals surface area contributed by atoms with Gasteiger partial charge in [-0.3, -0.25) is 0 Å². The molecule has 0 unspecified atom stereocenters. The van der Waals surface area contributed by atoms with Crippen LogP contribution >= 0.6 is 11.6 Å². The Labute approximate surface area is 103 Å². The Morgan fingerprint density at radius 3 is 2.81 bits per heavy atom. The van der Waals surface area contributed by atoms with Crippen molar-refractivity contribution in [2.75, 3.05) is 24.5 Å². The van der Waals surface area contributed by atoms with Gasteiger partial charge in [0.1, 0.15) is 0 Å². The van der Waals surface area contributed by atoms with Crippen molar-refractivity contribution >= 4 is 17.3 Å². The average molecular weight is 239 g/mol. The summed E-state index contributed by atoms with van der Waals surface area (Å²) in [6.45, 7) is 9.58. The maximum atomic E-state index is 6.26. The van der Waals surface area contributed by atoms with Gasteiger partial charge in [0.05, 0.1) is 10.7 Å². The number of rotatable bonds is 1. The first-order valence-corrected chi connectivity index (χ1v) is 6.12. The summed E-state index contributed by atoms with van der Waals surface area (Å²) in [5.74, 6) is 0. The van der Waals surface area contributed by atoms with Gasteiger partial charge in [-0.25, -0.2) is 0 Å². The minimum atomic E-state index is 0.158. The van der Waals surface area contributed by atoms with Gasteiger partial charge in [0.25, 0.3) is 0 Å². The number of anilines is 1. The topological polar surface area (TPSA) is 15.3 Å². The highest BCUT2D eigenvalue weighted by Gasteiger charge is 2.26. The zero-order chi connectivity index (χ0) is 11.8. The number of aryl methyl sites for hydroxylation is 1. The van der Waals surface area contributed by atoms with Crippen LogP contribution in [-0.4, -0.2) is 25.2 Å². The lowest BCUT2D eigenvalue weighted by Gasteiger charge is -2.40. The van der Waals surface area contributed by atoms with Crippen LogP contribution in [0.4, 0.5) is 5.69 Å². The molecule has 0 aromatic heterocycles. The van der Waals surface area contributed by atoms with E-state index in [1.165, 1.54) is 5.56 Å². The van der Waals surface area contributed by atoms with Gasteiger partial charge in [-0.15, -0.1) is 0 Å². The van der Waals surface area contributed by atoms with Crippen molar-refractivity contribution in [2.24, 2.45) is 0 Å². The van der Waals surface area contributed by atoms with E-state index in [-0.39, 0.29) is 5.54 Å². The highest BCUT2D eigenvalue weighted by atomic mass is 35.5. The molecule has 16 heavy (non-hydrogen) atoms. The Morgan fingerprint density at radius 1 is 1.38 bits per heavy atom. The van der Waals surface area contributed by atoms with E-state index in [0.29, 0.717) is 0 Å². The summed E-state index contributed by atoms with van der Waals surface area (Å²) in [5.41, 5.74) is 2.58. The molecule has 1 aliphatic rings. The molecular formula is C13H19ClN2. The molecule has 88 valence electrons. The van der Waals surface area contributed by atoms with E-state index in [2.05, 4.69) is 43.1 Å². The number of benzene rings is 1. The number of nitrogens with zero attached hydrogens (tertiary/aromatic N) is 1. The summed E-state index contributed by atoms with van der Waals surface area (Å²) >= 11 is 6.26. The van der Waals surface area contributed by atoms with Crippen molar-refractivity contribution in [3.05, 3.63) is 28.8 Å². The second-order valence-corrected chi connectivity index (χ2v) is 5.59. The predicted octanol–water partition coefficient (Wildman–Crippen LogP) is 2.84. The monoisotopic (exact) mass is 238 g/mol. The first-order valence-electron chi connectivity index (χ1n) is 5.74. The summed E-state index contributed by atoms with van der Waals surface area (Å²) in [6.07, 6.45) is 0. The number of hydrogen-bond acceptors (Lipinski definition) is 2. The Morgan fingerprint density at radius 2 is 2.12 bits per heavy atom. The maximum Gasteiger partial charge on any atom is 0.0639 e. The summed E-state index contributed by atoms with van der Waals surface area (Å²) in [6, 6.07) is 6.21. The molecule has 0 spiro atoms. The molecule has 0 bridgehead atoms. The van der Waals surface area contributed by atoms with Gasteiger partial charge in [-0.1, -0.05) is 17.7 Å². The first-order chi connectivity index (χ1) is 7.48. The summed E-state index contributed by atoms with van der Waals surface area (Å²) in [7, 11) is 0. The molecule has 3 heteroatoms. The Bertz CT molecular complexity index is 388. The molecule has 1 fully saturated rings. The normalized spacial score (nSPS) is 19.9. The van der Waals surface area contributed by atoms with Gasteiger partial charge < -0.3 is 10.2 Å².